The van der Waals surface area contributed by atoms with Crippen molar-refractivity contribution in [3.8, 4) is 0 Å². The quantitative estimate of drug-likeness (QED) is 0.663. The lowest BCUT2D eigenvalue weighted by Gasteiger charge is -2.11. The Morgan fingerprint density at radius 3 is 2.78 bits per heavy atom. The highest BCUT2D eigenvalue weighted by Gasteiger charge is 2.58. The number of hydrogen-bond acceptors (Lipinski definition) is 3. The second-order valence-electron chi connectivity index (χ2n) is 6.58. The van der Waals surface area contributed by atoms with Crippen molar-refractivity contribution in [3.05, 3.63) is 23.2 Å². The predicted molar refractivity (Wildman–Crippen MR) is 66.6 cm³/mol. The summed E-state index contributed by atoms with van der Waals surface area (Å²) in [5.74, 6) is 1.11. The molecule has 0 saturated carbocycles. The van der Waals surface area contributed by atoms with E-state index in [0.717, 1.165) is 31.4 Å². The molecule has 18 heavy (non-hydrogen) atoms. The summed E-state index contributed by atoms with van der Waals surface area (Å²) in [5.41, 5.74) is 2.67. The van der Waals surface area contributed by atoms with Crippen molar-refractivity contribution in [1.82, 2.24) is 0 Å². The van der Waals surface area contributed by atoms with Gasteiger partial charge in [0.05, 0.1) is 29.7 Å². The van der Waals surface area contributed by atoms with Crippen LogP contribution >= 0.6 is 0 Å². The molecule has 3 nitrogen and oxygen atoms in total. The van der Waals surface area contributed by atoms with Crippen LogP contribution in [0.4, 0.5) is 0 Å². The fourth-order valence-electron chi connectivity index (χ4n) is 3.45. The molecule has 1 aromatic rings. The summed E-state index contributed by atoms with van der Waals surface area (Å²) in [7, 11) is 0. The lowest BCUT2D eigenvalue weighted by Crippen LogP contribution is -2.20. The third kappa shape index (κ3) is 1.50. The Hall–Kier alpha value is -0.800. The highest BCUT2D eigenvalue weighted by atomic mass is 16.6. The van der Waals surface area contributed by atoms with Crippen LogP contribution in [0.1, 0.15) is 43.6 Å². The van der Waals surface area contributed by atoms with Gasteiger partial charge in [-0.15, -0.1) is 0 Å². The fourth-order valence-corrected chi connectivity index (χ4v) is 3.45. The molecule has 0 unspecified atom stereocenters. The monoisotopic (exact) mass is 248 g/mol. The van der Waals surface area contributed by atoms with Crippen LogP contribution in [0, 0.1) is 6.92 Å². The van der Waals surface area contributed by atoms with E-state index in [1.807, 2.05) is 6.26 Å². The number of rotatable bonds is 0. The molecule has 0 spiro atoms. The molecule has 0 N–H and O–H groups in total. The van der Waals surface area contributed by atoms with Crippen molar-refractivity contribution in [2.24, 2.45) is 0 Å². The van der Waals surface area contributed by atoms with Gasteiger partial charge in [0.25, 0.3) is 0 Å². The molecular formula is C15H20O3. The molecule has 2 fully saturated rings. The van der Waals surface area contributed by atoms with Crippen LogP contribution in [0.2, 0.25) is 0 Å². The molecule has 0 radical (unpaired) electrons. The summed E-state index contributed by atoms with van der Waals surface area (Å²) in [4.78, 5) is 0. The Morgan fingerprint density at radius 1 is 1.17 bits per heavy atom. The number of fused-ring (bicyclic) bond motifs is 3. The third-order valence-electron chi connectivity index (χ3n) is 5.07. The molecule has 0 bridgehead atoms. The van der Waals surface area contributed by atoms with E-state index < -0.39 is 0 Å². The Morgan fingerprint density at radius 2 is 1.94 bits per heavy atom. The molecule has 3 aliphatic rings. The molecular weight excluding hydrogens is 228 g/mol. The smallest absolute Gasteiger partial charge is 0.110 e. The van der Waals surface area contributed by atoms with Crippen LogP contribution in [0.3, 0.4) is 0 Å². The molecule has 2 aliphatic heterocycles. The minimum Gasteiger partial charge on any atom is -0.469 e. The van der Waals surface area contributed by atoms with Crippen molar-refractivity contribution in [2.75, 3.05) is 0 Å². The van der Waals surface area contributed by atoms with Crippen molar-refractivity contribution < 1.29 is 13.9 Å². The van der Waals surface area contributed by atoms with Gasteiger partial charge in [0, 0.05) is 12.8 Å². The van der Waals surface area contributed by atoms with Crippen LogP contribution in [0.15, 0.2) is 10.7 Å². The van der Waals surface area contributed by atoms with Crippen LogP contribution in [0.25, 0.3) is 0 Å². The summed E-state index contributed by atoms with van der Waals surface area (Å²) in [6.07, 6.45) is 6.76. The number of aryl methyl sites for hydroxylation is 1. The van der Waals surface area contributed by atoms with E-state index in [2.05, 4.69) is 20.8 Å². The molecule has 4 atom stereocenters. The highest BCUT2D eigenvalue weighted by Crippen LogP contribution is 2.50. The lowest BCUT2D eigenvalue weighted by molar-refractivity contribution is 0.268. The topological polar surface area (TPSA) is 38.2 Å². The van der Waals surface area contributed by atoms with Gasteiger partial charge in [-0.05, 0) is 44.7 Å². The normalized spacial score (nSPS) is 45.7. The zero-order valence-corrected chi connectivity index (χ0v) is 11.3. The molecule has 1 aromatic heterocycles. The van der Waals surface area contributed by atoms with E-state index in [-0.39, 0.29) is 11.2 Å². The van der Waals surface area contributed by atoms with Crippen LogP contribution in [-0.2, 0) is 22.3 Å². The van der Waals surface area contributed by atoms with Gasteiger partial charge in [-0.3, -0.25) is 0 Å². The molecule has 4 rings (SSSR count). The van der Waals surface area contributed by atoms with Gasteiger partial charge in [-0.2, -0.15) is 0 Å². The summed E-state index contributed by atoms with van der Waals surface area (Å²) in [6, 6.07) is 0. The molecule has 0 aromatic carbocycles. The van der Waals surface area contributed by atoms with Crippen molar-refractivity contribution in [3.63, 3.8) is 0 Å². The zero-order valence-electron chi connectivity index (χ0n) is 11.3. The van der Waals surface area contributed by atoms with Crippen molar-refractivity contribution >= 4 is 0 Å². The van der Waals surface area contributed by atoms with Crippen molar-refractivity contribution in [2.45, 2.75) is 69.9 Å². The largest absolute Gasteiger partial charge is 0.469 e. The Balaban J connectivity index is 1.71. The summed E-state index contributed by atoms with van der Waals surface area (Å²) in [6.45, 7) is 6.56. The van der Waals surface area contributed by atoms with Gasteiger partial charge in [-0.1, -0.05) is 0 Å². The van der Waals surface area contributed by atoms with Crippen LogP contribution in [0.5, 0.6) is 0 Å². The first-order valence-corrected chi connectivity index (χ1v) is 6.92. The molecule has 0 amide bonds. The van der Waals surface area contributed by atoms with Crippen molar-refractivity contribution in [1.29, 1.82) is 0 Å². The molecule has 3 heterocycles. The maximum absolute atomic E-state index is 5.92. The molecule has 2 saturated heterocycles. The summed E-state index contributed by atoms with van der Waals surface area (Å²) in [5, 5.41) is 0. The average molecular weight is 248 g/mol. The van der Waals surface area contributed by atoms with Gasteiger partial charge in [0.2, 0.25) is 0 Å². The Labute approximate surface area is 107 Å². The fraction of sp³-hybridized carbons (Fsp3) is 0.733. The number of hydrogen-bond donors (Lipinski definition) is 0. The first-order valence-electron chi connectivity index (χ1n) is 6.92. The molecule has 3 heteroatoms. The minimum absolute atomic E-state index is 0.00285. The second-order valence-corrected chi connectivity index (χ2v) is 6.58. The third-order valence-corrected chi connectivity index (χ3v) is 5.07. The molecule has 1 aliphatic carbocycles. The Bertz CT molecular complexity index is 506. The predicted octanol–water partition coefficient (Wildman–Crippen LogP) is 2.78. The van der Waals surface area contributed by atoms with E-state index in [1.54, 1.807) is 0 Å². The maximum Gasteiger partial charge on any atom is 0.110 e. The molecule has 98 valence electrons. The standard InChI is InChI=1S/C15H20O3/c1-9-8-16-11-7-15(3)12(17-15)4-5-14(2)13(18-14)6-10(9)11/h8,12-13H,4-7H2,1-3H3/t12-,13-,14-,15-/m1/s1. The van der Waals surface area contributed by atoms with E-state index >= 15 is 0 Å². The maximum atomic E-state index is 5.92. The van der Waals surface area contributed by atoms with Gasteiger partial charge >= 0.3 is 0 Å². The van der Waals surface area contributed by atoms with E-state index in [9.17, 15) is 0 Å². The van der Waals surface area contributed by atoms with E-state index in [0.29, 0.717) is 12.2 Å². The number of furan rings is 1. The average Bonchev–Trinajstić information content (AvgIpc) is 3.11. The van der Waals surface area contributed by atoms with Gasteiger partial charge in [0.1, 0.15) is 5.76 Å². The second kappa shape index (κ2) is 3.20. The van der Waals surface area contributed by atoms with E-state index in [4.69, 9.17) is 13.9 Å². The minimum atomic E-state index is -0.00285. The van der Waals surface area contributed by atoms with E-state index in [1.165, 1.54) is 11.1 Å². The Kier molecular flexibility index (Phi) is 1.97. The first kappa shape index (κ1) is 11.1. The summed E-state index contributed by atoms with van der Waals surface area (Å²) >= 11 is 0. The van der Waals surface area contributed by atoms with Crippen LogP contribution in [-0.4, -0.2) is 23.4 Å². The number of ether oxygens (including phenoxy) is 2. The zero-order chi connectivity index (χ0) is 12.5. The first-order chi connectivity index (χ1) is 8.50. The van der Waals surface area contributed by atoms with Gasteiger partial charge in [0.15, 0.2) is 0 Å². The SMILES string of the molecule is Cc1coc2c1C[C@H]1O[C@]1(C)CC[C@H]1O[C@]1(C)C2. The highest BCUT2D eigenvalue weighted by molar-refractivity contribution is 5.32. The summed E-state index contributed by atoms with van der Waals surface area (Å²) < 4.78 is 17.6. The lowest BCUT2D eigenvalue weighted by atomic mass is 9.88. The number of epoxide rings is 2. The van der Waals surface area contributed by atoms with Crippen LogP contribution < -0.4 is 0 Å². The van der Waals surface area contributed by atoms with Gasteiger partial charge < -0.3 is 13.9 Å². The van der Waals surface area contributed by atoms with Gasteiger partial charge in [-0.25, -0.2) is 0 Å².